The van der Waals surface area contributed by atoms with Crippen LogP contribution in [0.2, 0.25) is 0 Å². The highest BCUT2D eigenvalue weighted by atomic mass is 16.2. The second kappa shape index (κ2) is 3.90. The van der Waals surface area contributed by atoms with Gasteiger partial charge in [-0.3, -0.25) is 4.79 Å². The van der Waals surface area contributed by atoms with Gasteiger partial charge < -0.3 is 10.2 Å². The van der Waals surface area contributed by atoms with Gasteiger partial charge >= 0.3 is 0 Å². The molecule has 3 heteroatoms. The van der Waals surface area contributed by atoms with E-state index in [-0.39, 0.29) is 5.91 Å². The van der Waals surface area contributed by atoms with Crippen molar-refractivity contribution in [3.05, 3.63) is 0 Å². The number of carbonyl (C=O) groups excluding carboxylic acids is 1. The van der Waals surface area contributed by atoms with Crippen molar-refractivity contribution >= 4 is 5.91 Å². The maximum atomic E-state index is 11.3. The molecular weight excluding hydrogens is 152 g/mol. The van der Waals surface area contributed by atoms with Gasteiger partial charge in [-0.25, -0.2) is 0 Å². The number of nitrogens with zero attached hydrogens (tertiary/aromatic N) is 1. The van der Waals surface area contributed by atoms with Crippen LogP contribution in [0.1, 0.15) is 20.8 Å². The summed E-state index contributed by atoms with van der Waals surface area (Å²) in [6.45, 7) is 8.61. The first-order chi connectivity index (χ1) is 5.65. The molecule has 1 rings (SSSR count). The number of nitrogens with one attached hydrogen (secondary N) is 1. The van der Waals surface area contributed by atoms with Crippen molar-refractivity contribution in [2.24, 2.45) is 5.92 Å². The number of hydrogen-bond donors (Lipinski definition) is 1. The summed E-state index contributed by atoms with van der Waals surface area (Å²) in [5.41, 5.74) is 0. The number of amides is 1. The van der Waals surface area contributed by atoms with Crippen LogP contribution in [-0.4, -0.2) is 36.5 Å². The Morgan fingerprint density at radius 1 is 1.67 bits per heavy atom. The fourth-order valence-corrected chi connectivity index (χ4v) is 1.49. The molecule has 0 aromatic rings. The average Bonchev–Trinajstić information content (AvgIpc) is 2.05. The largest absolute Gasteiger partial charge is 0.340 e. The van der Waals surface area contributed by atoms with Gasteiger partial charge in [-0.15, -0.1) is 0 Å². The standard InChI is InChI=1S/C9H18N2O/c1-4-11-6-8(7(2)3)10-5-9(11)12/h7-8,10H,4-6H2,1-3H3. The summed E-state index contributed by atoms with van der Waals surface area (Å²) < 4.78 is 0. The molecule has 0 aromatic heterocycles. The molecule has 1 atom stereocenters. The minimum Gasteiger partial charge on any atom is -0.340 e. The maximum Gasteiger partial charge on any atom is 0.236 e. The highest BCUT2D eigenvalue weighted by Gasteiger charge is 2.25. The fourth-order valence-electron chi connectivity index (χ4n) is 1.49. The van der Waals surface area contributed by atoms with Crippen molar-refractivity contribution in [1.82, 2.24) is 10.2 Å². The van der Waals surface area contributed by atoms with Gasteiger partial charge in [-0.05, 0) is 12.8 Å². The second-order valence-corrected chi connectivity index (χ2v) is 3.66. The summed E-state index contributed by atoms with van der Waals surface area (Å²) in [6.07, 6.45) is 0. The first-order valence-corrected chi connectivity index (χ1v) is 4.66. The van der Waals surface area contributed by atoms with Crippen LogP contribution < -0.4 is 5.32 Å². The van der Waals surface area contributed by atoms with Crippen LogP contribution in [-0.2, 0) is 4.79 Å². The normalized spacial score (nSPS) is 25.2. The van der Waals surface area contributed by atoms with E-state index in [2.05, 4.69) is 19.2 Å². The predicted molar refractivity (Wildman–Crippen MR) is 48.9 cm³/mol. The third-order valence-electron chi connectivity index (χ3n) is 2.47. The fraction of sp³-hybridized carbons (Fsp3) is 0.889. The van der Waals surface area contributed by atoms with E-state index >= 15 is 0 Å². The van der Waals surface area contributed by atoms with E-state index in [1.54, 1.807) is 0 Å². The second-order valence-electron chi connectivity index (χ2n) is 3.66. The Morgan fingerprint density at radius 3 is 2.83 bits per heavy atom. The molecule has 1 unspecified atom stereocenters. The molecule has 1 N–H and O–H groups in total. The van der Waals surface area contributed by atoms with E-state index in [0.29, 0.717) is 18.5 Å². The Hall–Kier alpha value is -0.570. The summed E-state index contributed by atoms with van der Waals surface area (Å²) in [7, 11) is 0. The van der Waals surface area contributed by atoms with Gasteiger partial charge in [0.1, 0.15) is 0 Å². The van der Waals surface area contributed by atoms with Crippen LogP contribution >= 0.6 is 0 Å². The highest BCUT2D eigenvalue weighted by Crippen LogP contribution is 2.08. The quantitative estimate of drug-likeness (QED) is 0.653. The van der Waals surface area contributed by atoms with Crippen molar-refractivity contribution < 1.29 is 4.79 Å². The molecule has 1 saturated heterocycles. The van der Waals surface area contributed by atoms with Gasteiger partial charge in [0.25, 0.3) is 0 Å². The third-order valence-corrected chi connectivity index (χ3v) is 2.47. The predicted octanol–water partition coefficient (Wildman–Crippen LogP) is 0.463. The Morgan fingerprint density at radius 2 is 2.33 bits per heavy atom. The van der Waals surface area contributed by atoms with Gasteiger partial charge in [0.2, 0.25) is 5.91 Å². The average molecular weight is 170 g/mol. The molecular formula is C9H18N2O. The molecule has 1 fully saturated rings. The van der Waals surface area contributed by atoms with E-state index in [0.717, 1.165) is 13.1 Å². The Labute approximate surface area is 74.1 Å². The number of hydrogen-bond acceptors (Lipinski definition) is 2. The molecule has 0 aromatic carbocycles. The van der Waals surface area contributed by atoms with Crippen LogP contribution in [0.3, 0.4) is 0 Å². The molecule has 70 valence electrons. The van der Waals surface area contributed by atoms with Crippen molar-refractivity contribution in [3.8, 4) is 0 Å². The molecule has 1 heterocycles. The first kappa shape index (κ1) is 9.52. The summed E-state index contributed by atoms with van der Waals surface area (Å²) in [5.74, 6) is 0.835. The number of rotatable bonds is 2. The van der Waals surface area contributed by atoms with Crippen molar-refractivity contribution in [1.29, 1.82) is 0 Å². The van der Waals surface area contributed by atoms with Crippen LogP contribution in [0.5, 0.6) is 0 Å². The van der Waals surface area contributed by atoms with E-state index < -0.39 is 0 Å². The van der Waals surface area contributed by atoms with E-state index in [9.17, 15) is 4.79 Å². The lowest BCUT2D eigenvalue weighted by Crippen LogP contribution is -2.55. The molecule has 1 aliphatic heterocycles. The summed E-state index contributed by atoms with van der Waals surface area (Å²) in [5, 5.41) is 3.24. The van der Waals surface area contributed by atoms with Crippen molar-refractivity contribution in [3.63, 3.8) is 0 Å². The monoisotopic (exact) mass is 170 g/mol. The van der Waals surface area contributed by atoms with Crippen LogP contribution in [0.4, 0.5) is 0 Å². The van der Waals surface area contributed by atoms with E-state index in [1.165, 1.54) is 0 Å². The zero-order valence-corrected chi connectivity index (χ0v) is 8.13. The maximum absolute atomic E-state index is 11.3. The number of likely N-dealkylation sites (N-methyl/N-ethyl adjacent to an activating group) is 1. The molecule has 3 nitrogen and oxygen atoms in total. The van der Waals surface area contributed by atoms with Crippen LogP contribution in [0.15, 0.2) is 0 Å². The lowest BCUT2D eigenvalue weighted by atomic mass is 10.0. The van der Waals surface area contributed by atoms with Gasteiger partial charge in [0, 0.05) is 19.1 Å². The topological polar surface area (TPSA) is 32.3 Å². The minimum absolute atomic E-state index is 0.231. The van der Waals surface area contributed by atoms with Crippen molar-refractivity contribution in [2.75, 3.05) is 19.6 Å². The molecule has 1 aliphatic rings. The molecule has 0 saturated carbocycles. The summed E-state index contributed by atoms with van der Waals surface area (Å²) in [6, 6.07) is 0.475. The van der Waals surface area contributed by atoms with Gasteiger partial charge in [0.05, 0.1) is 6.54 Å². The van der Waals surface area contributed by atoms with Crippen molar-refractivity contribution in [2.45, 2.75) is 26.8 Å². The lowest BCUT2D eigenvalue weighted by Gasteiger charge is -2.34. The smallest absolute Gasteiger partial charge is 0.236 e. The lowest BCUT2D eigenvalue weighted by molar-refractivity contribution is -0.133. The zero-order valence-electron chi connectivity index (χ0n) is 8.13. The van der Waals surface area contributed by atoms with Crippen LogP contribution in [0, 0.1) is 5.92 Å². The third kappa shape index (κ3) is 1.97. The highest BCUT2D eigenvalue weighted by molar-refractivity contribution is 5.79. The molecule has 0 aliphatic carbocycles. The number of carbonyl (C=O) groups is 1. The summed E-state index contributed by atoms with van der Waals surface area (Å²) >= 11 is 0. The van der Waals surface area contributed by atoms with Gasteiger partial charge in [-0.2, -0.15) is 0 Å². The Bertz CT molecular complexity index is 168. The Balaban J connectivity index is 2.49. The minimum atomic E-state index is 0.231. The molecule has 0 bridgehead atoms. The zero-order chi connectivity index (χ0) is 9.14. The van der Waals surface area contributed by atoms with Crippen LogP contribution in [0.25, 0.3) is 0 Å². The molecule has 0 spiro atoms. The van der Waals surface area contributed by atoms with Gasteiger partial charge in [-0.1, -0.05) is 13.8 Å². The van der Waals surface area contributed by atoms with E-state index in [4.69, 9.17) is 0 Å². The first-order valence-electron chi connectivity index (χ1n) is 4.66. The Kier molecular flexibility index (Phi) is 3.09. The molecule has 1 amide bonds. The summed E-state index contributed by atoms with van der Waals surface area (Å²) in [4.78, 5) is 13.2. The molecule has 0 radical (unpaired) electrons. The number of piperazine rings is 1. The van der Waals surface area contributed by atoms with Gasteiger partial charge in [0.15, 0.2) is 0 Å². The molecule has 12 heavy (non-hydrogen) atoms. The SMILES string of the molecule is CCN1CC(C(C)C)NCC1=O. The van der Waals surface area contributed by atoms with E-state index in [1.807, 2.05) is 11.8 Å².